The number of aryl methyl sites for hydroxylation is 1. The Morgan fingerprint density at radius 2 is 2.15 bits per heavy atom. The maximum Gasteiger partial charge on any atom is 0.139 e. The molecule has 1 heterocycles. The summed E-state index contributed by atoms with van der Waals surface area (Å²) in [6.45, 7) is 2.04. The second-order valence-electron chi connectivity index (χ2n) is 2.77. The van der Waals surface area contributed by atoms with Gasteiger partial charge in [0.15, 0.2) is 0 Å². The lowest BCUT2D eigenvalue weighted by atomic mass is 10.2. The maximum atomic E-state index is 3.95. The summed E-state index contributed by atoms with van der Waals surface area (Å²) in [6.07, 6.45) is 3.11. The molecule has 0 aliphatic carbocycles. The molecule has 0 aliphatic heterocycles. The van der Waals surface area contributed by atoms with Crippen LogP contribution >= 0.6 is 0 Å². The van der Waals surface area contributed by atoms with E-state index in [2.05, 4.69) is 15.5 Å². The van der Waals surface area contributed by atoms with E-state index in [1.54, 1.807) is 11.1 Å². The summed E-state index contributed by atoms with van der Waals surface area (Å²) in [4.78, 5) is 5.41. The van der Waals surface area contributed by atoms with E-state index in [4.69, 9.17) is 0 Å². The Balaban J connectivity index is 2.24. The summed E-state index contributed by atoms with van der Waals surface area (Å²) in [5.41, 5.74) is 5.31. The van der Waals surface area contributed by atoms with E-state index in [1.807, 2.05) is 31.2 Å². The molecule has 1 aromatic carbocycles. The standard InChI is InChI=1S/C9H10N4/c1-8-4-2-3-5-9(8)12-13-7-10-6-11-13/h2-7,12H,1H3. The van der Waals surface area contributed by atoms with E-state index in [-0.39, 0.29) is 0 Å². The zero-order valence-corrected chi connectivity index (χ0v) is 7.31. The SMILES string of the molecule is Cc1ccccc1Nn1cncn1. The summed E-state index contributed by atoms with van der Waals surface area (Å²) >= 11 is 0. The number of aromatic nitrogens is 3. The van der Waals surface area contributed by atoms with Gasteiger partial charge in [-0.3, -0.25) is 5.43 Å². The predicted octanol–water partition coefficient (Wildman–Crippen LogP) is 1.46. The van der Waals surface area contributed by atoms with E-state index in [0.717, 1.165) is 5.69 Å². The molecule has 0 radical (unpaired) electrons. The summed E-state index contributed by atoms with van der Waals surface area (Å²) in [5, 5.41) is 3.95. The lowest BCUT2D eigenvalue weighted by Crippen LogP contribution is -2.09. The highest BCUT2D eigenvalue weighted by Crippen LogP contribution is 2.12. The number of hydrogen-bond acceptors (Lipinski definition) is 3. The van der Waals surface area contributed by atoms with Gasteiger partial charge in [0.2, 0.25) is 0 Å². The first-order valence-corrected chi connectivity index (χ1v) is 4.03. The molecule has 0 spiro atoms. The Morgan fingerprint density at radius 3 is 2.85 bits per heavy atom. The normalized spacial score (nSPS) is 9.92. The summed E-state index contributed by atoms with van der Waals surface area (Å²) in [5.74, 6) is 0. The Bertz CT molecular complexity index is 380. The number of benzene rings is 1. The number of rotatable bonds is 2. The molecule has 0 unspecified atom stereocenters. The topological polar surface area (TPSA) is 42.7 Å². The zero-order valence-electron chi connectivity index (χ0n) is 7.31. The Kier molecular flexibility index (Phi) is 1.96. The van der Waals surface area contributed by atoms with Crippen LogP contribution in [0.3, 0.4) is 0 Å². The van der Waals surface area contributed by atoms with Crippen LogP contribution in [0.25, 0.3) is 0 Å². The molecule has 1 aromatic heterocycles. The predicted molar refractivity (Wildman–Crippen MR) is 50.2 cm³/mol. The van der Waals surface area contributed by atoms with Gasteiger partial charge >= 0.3 is 0 Å². The van der Waals surface area contributed by atoms with E-state index in [9.17, 15) is 0 Å². The van der Waals surface area contributed by atoms with Gasteiger partial charge in [-0.2, -0.15) is 4.79 Å². The fraction of sp³-hybridized carbons (Fsp3) is 0.111. The molecule has 0 fully saturated rings. The molecule has 13 heavy (non-hydrogen) atoms. The van der Waals surface area contributed by atoms with Crippen molar-refractivity contribution in [3.8, 4) is 0 Å². The third-order valence-electron chi connectivity index (χ3n) is 1.80. The molecule has 2 rings (SSSR count). The van der Waals surface area contributed by atoms with E-state index in [0.29, 0.717) is 0 Å². The highest BCUT2D eigenvalue weighted by molar-refractivity contribution is 5.49. The van der Waals surface area contributed by atoms with E-state index in [1.165, 1.54) is 11.9 Å². The third-order valence-corrected chi connectivity index (χ3v) is 1.80. The van der Waals surface area contributed by atoms with E-state index < -0.39 is 0 Å². The fourth-order valence-corrected chi connectivity index (χ4v) is 1.09. The number of hydrogen-bond donors (Lipinski definition) is 1. The molecule has 1 N–H and O–H groups in total. The minimum atomic E-state index is 1.04. The molecule has 4 nitrogen and oxygen atoms in total. The Morgan fingerprint density at radius 1 is 1.31 bits per heavy atom. The average molecular weight is 174 g/mol. The monoisotopic (exact) mass is 174 g/mol. The van der Waals surface area contributed by atoms with Crippen molar-refractivity contribution in [2.24, 2.45) is 0 Å². The first-order chi connectivity index (χ1) is 6.36. The first kappa shape index (κ1) is 7.79. The summed E-state index contributed by atoms with van der Waals surface area (Å²) < 4.78 is 0. The van der Waals surface area contributed by atoms with Gasteiger partial charge in [0.25, 0.3) is 0 Å². The highest BCUT2D eigenvalue weighted by Gasteiger charge is 1.95. The van der Waals surface area contributed by atoms with Crippen molar-refractivity contribution in [2.45, 2.75) is 6.92 Å². The largest absolute Gasteiger partial charge is 0.277 e. The van der Waals surface area contributed by atoms with Crippen molar-refractivity contribution >= 4 is 5.69 Å². The van der Waals surface area contributed by atoms with Gasteiger partial charge in [-0.15, -0.1) is 5.10 Å². The molecule has 0 saturated heterocycles. The molecule has 0 atom stereocenters. The van der Waals surface area contributed by atoms with Crippen LogP contribution in [0, 0.1) is 6.92 Å². The number of nitrogens with one attached hydrogen (secondary N) is 1. The van der Waals surface area contributed by atoms with Gasteiger partial charge in [0.05, 0.1) is 5.69 Å². The quantitative estimate of drug-likeness (QED) is 0.749. The van der Waals surface area contributed by atoms with Crippen molar-refractivity contribution < 1.29 is 0 Å². The zero-order chi connectivity index (χ0) is 9.10. The van der Waals surface area contributed by atoms with Gasteiger partial charge in [-0.05, 0) is 18.6 Å². The minimum absolute atomic E-state index is 1.04. The number of anilines is 1. The summed E-state index contributed by atoms with van der Waals surface area (Å²) in [7, 11) is 0. The van der Waals surface area contributed by atoms with Crippen LogP contribution in [0.2, 0.25) is 0 Å². The lowest BCUT2D eigenvalue weighted by Gasteiger charge is -2.07. The van der Waals surface area contributed by atoms with Crippen molar-refractivity contribution in [3.05, 3.63) is 42.5 Å². The Hall–Kier alpha value is -1.84. The fourth-order valence-electron chi connectivity index (χ4n) is 1.09. The van der Waals surface area contributed by atoms with Crippen molar-refractivity contribution in [3.63, 3.8) is 0 Å². The molecular formula is C9H10N4. The van der Waals surface area contributed by atoms with Crippen molar-refractivity contribution in [2.75, 3.05) is 5.43 Å². The second kappa shape index (κ2) is 3.26. The number of nitrogens with zero attached hydrogens (tertiary/aromatic N) is 3. The highest BCUT2D eigenvalue weighted by atomic mass is 15.6. The van der Waals surface area contributed by atoms with Crippen LogP contribution in [0.1, 0.15) is 5.56 Å². The van der Waals surface area contributed by atoms with Crippen LogP contribution in [-0.2, 0) is 0 Å². The van der Waals surface area contributed by atoms with Gasteiger partial charge in [0.1, 0.15) is 12.7 Å². The van der Waals surface area contributed by atoms with Crippen LogP contribution in [-0.4, -0.2) is 14.9 Å². The van der Waals surface area contributed by atoms with Crippen LogP contribution in [0.4, 0.5) is 5.69 Å². The first-order valence-electron chi connectivity index (χ1n) is 4.03. The molecular weight excluding hydrogens is 164 g/mol. The third kappa shape index (κ3) is 1.66. The maximum absolute atomic E-state index is 3.95. The second-order valence-corrected chi connectivity index (χ2v) is 2.77. The molecule has 4 heteroatoms. The van der Waals surface area contributed by atoms with Crippen molar-refractivity contribution in [1.82, 2.24) is 14.9 Å². The minimum Gasteiger partial charge on any atom is -0.277 e. The molecule has 0 saturated carbocycles. The molecule has 0 amide bonds. The van der Waals surface area contributed by atoms with Crippen LogP contribution in [0.15, 0.2) is 36.9 Å². The number of para-hydroxylation sites is 1. The average Bonchev–Trinajstić information content (AvgIpc) is 2.61. The smallest absolute Gasteiger partial charge is 0.139 e. The van der Waals surface area contributed by atoms with Crippen molar-refractivity contribution in [1.29, 1.82) is 0 Å². The van der Waals surface area contributed by atoms with Gasteiger partial charge in [0, 0.05) is 0 Å². The molecule has 2 aromatic rings. The Labute approximate surface area is 76.2 Å². The molecule has 0 aliphatic rings. The van der Waals surface area contributed by atoms with E-state index >= 15 is 0 Å². The van der Waals surface area contributed by atoms with Crippen LogP contribution < -0.4 is 5.43 Å². The van der Waals surface area contributed by atoms with Gasteiger partial charge in [-0.1, -0.05) is 18.2 Å². The van der Waals surface area contributed by atoms with Gasteiger partial charge < -0.3 is 0 Å². The van der Waals surface area contributed by atoms with Gasteiger partial charge in [-0.25, -0.2) is 4.98 Å². The summed E-state index contributed by atoms with van der Waals surface area (Å²) in [6, 6.07) is 8.02. The molecule has 0 bridgehead atoms. The lowest BCUT2D eigenvalue weighted by molar-refractivity contribution is 0.800. The molecule has 66 valence electrons. The van der Waals surface area contributed by atoms with Crippen LogP contribution in [0.5, 0.6) is 0 Å².